The highest BCUT2D eigenvalue weighted by atomic mass is 16.2. The van der Waals surface area contributed by atoms with Gasteiger partial charge in [-0.05, 0) is 50.3 Å². The first-order valence-corrected chi connectivity index (χ1v) is 7.51. The van der Waals surface area contributed by atoms with Crippen LogP contribution in [0.4, 0.5) is 0 Å². The molecule has 1 aliphatic carbocycles. The summed E-state index contributed by atoms with van der Waals surface area (Å²) < 4.78 is 0. The van der Waals surface area contributed by atoms with Crippen LogP contribution in [0.2, 0.25) is 0 Å². The first-order chi connectivity index (χ1) is 9.71. The van der Waals surface area contributed by atoms with Crippen LogP contribution >= 0.6 is 0 Å². The van der Waals surface area contributed by atoms with Crippen LogP contribution in [-0.2, 0) is 4.79 Å². The van der Waals surface area contributed by atoms with Crippen molar-refractivity contribution in [3.8, 4) is 0 Å². The Morgan fingerprint density at radius 2 is 2.25 bits per heavy atom. The van der Waals surface area contributed by atoms with Crippen LogP contribution < -0.4 is 5.32 Å². The standard InChI is InChI=1S/C16H25N3O/c1-3-12(9-10-17)11-19-15-6-4-5-13(15)7-8-14(18-2)16(19)20/h3,9-10,13-15,17-18H,1,4-8,11H2,2H3/b12-9+,17-10?. The van der Waals surface area contributed by atoms with Crippen molar-refractivity contribution < 1.29 is 4.79 Å². The Hall–Kier alpha value is -1.42. The molecule has 3 unspecified atom stereocenters. The van der Waals surface area contributed by atoms with Gasteiger partial charge in [0.25, 0.3) is 0 Å². The van der Waals surface area contributed by atoms with Crippen LogP contribution in [-0.4, -0.2) is 42.7 Å². The quantitative estimate of drug-likeness (QED) is 0.596. The summed E-state index contributed by atoms with van der Waals surface area (Å²) in [5.74, 6) is 0.850. The number of nitrogens with one attached hydrogen (secondary N) is 2. The van der Waals surface area contributed by atoms with Crippen LogP contribution in [0.3, 0.4) is 0 Å². The molecule has 1 aliphatic heterocycles. The fourth-order valence-electron chi connectivity index (χ4n) is 3.58. The van der Waals surface area contributed by atoms with Gasteiger partial charge in [-0.3, -0.25) is 4.79 Å². The van der Waals surface area contributed by atoms with Gasteiger partial charge in [0.05, 0.1) is 6.04 Å². The molecule has 20 heavy (non-hydrogen) atoms. The van der Waals surface area contributed by atoms with Crippen LogP contribution in [0.15, 0.2) is 24.3 Å². The molecular weight excluding hydrogens is 250 g/mol. The lowest BCUT2D eigenvalue weighted by Gasteiger charge is -2.32. The summed E-state index contributed by atoms with van der Waals surface area (Å²) in [7, 11) is 1.86. The zero-order valence-corrected chi connectivity index (χ0v) is 12.3. The molecule has 0 bridgehead atoms. The molecule has 4 nitrogen and oxygen atoms in total. The van der Waals surface area contributed by atoms with E-state index in [9.17, 15) is 4.79 Å². The van der Waals surface area contributed by atoms with Crippen molar-refractivity contribution in [2.45, 2.75) is 44.2 Å². The number of carbonyl (C=O) groups excluding carboxylic acids is 1. The second kappa shape index (κ2) is 6.84. The van der Waals surface area contributed by atoms with Crippen molar-refractivity contribution in [3.63, 3.8) is 0 Å². The zero-order chi connectivity index (χ0) is 14.5. The molecule has 0 aromatic carbocycles. The summed E-state index contributed by atoms with van der Waals surface area (Å²) in [5.41, 5.74) is 0.941. The lowest BCUT2D eigenvalue weighted by molar-refractivity contribution is -0.134. The average molecular weight is 275 g/mol. The maximum atomic E-state index is 12.7. The number of rotatable bonds is 5. The Labute approximate surface area is 121 Å². The Morgan fingerprint density at radius 3 is 2.90 bits per heavy atom. The fourth-order valence-corrected chi connectivity index (χ4v) is 3.58. The topological polar surface area (TPSA) is 56.2 Å². The predicted molar refractivity (Wildman–Crippen MR) is 82.0 cm³/mol. The summed E-state index contributed by atoms with van der Waals surface area (Å²) in [5, 5.41) is 10.4. The fraction of sp³-hybridized carbons (Fsp3) is 0.625. The number of likely N-dealkylation sites (N-methyl/N-ethyl adjacent to an activating group) is 1. The third-order valence-corrected chi connectivity index (χ3v) is 4.69. The predicted octanol–water partition coefficient (Wildman–Crippen LogP) is 2.13. The van der Waals surface area contributed by atoms with Crippen LogP contribution in [0.5, 0.6) is 0 Å². The first kappa shape index (κ1) is 15.0. The van der Waals surface area contributed by atoms with E-state index in [4.69, 9.17) is 5.41 Å². The number of carbonyl (C=O) groups is 1. The molecule has 1 amide bonds. The van der Waals surface area contributed by atoms with Crippen molar-refractivity contribution in [2.24, 2.45) is 5.92 Å². The molecule has 2 N–H and O–H groups in total. The van der Waals surface area contributed by atoms with E-state index in [-0.39, 0.29) is 11.9 Å². The molecule has 110 valence electrons. The maximum Gasteiger partial charge on any atom is 0.240 e. The van der Waals surface area contributed by atoms with Crippen molar-refractivity contribution >= 4 is 12.1 Å². The van der Waals surface area contributed by atoms with Gasteiger partial charge in [0, 0.05) is 18.8 Å². The highest BCUT2D eigenvalue weighted by Gasteiger charge is 2.39. The molecule has 0 aromatic rings. The van der Waals surface area contributed by atoms with E-state index < -0.39 is 0 Å². The van der Waals surface area contributed by atoms with E-state index in [1.54, 1.807) is 12.2 Å². The average Bonchev–Trinajstić information content (AvgIpc) is 2.87. The summed E-state index contributed by atoms with van der Waals surface area (Å²) in [6, 6.07) is 0.307. The minimum atomic E-state index is -0.0633. The van der Waals surface area contributed by atoms with Crippen molar-refractivity contribution in [2.75, 3.05) is 13.6 Å². The molecule has 1 heterocycles. The van der Waals surface area contributed by atoms with Gasteiger partial charge in [-0.2, -0.15) is 0 Å². The number of likely N-dealkylation sites (tertiary alicyclic amines) is 1. The van der Waals surface area contributed by atoms with E-state index in [1.165, 1.54) is 19.1 Å². The highest BCUT2D eigenvalue weighted by Crippen LogP contribution is 2.36. The van der Waals surface area contributed by atoms with Gasteiger partial charge in [0.2, 0.25) is 5.91 Å². The van der Waals surface area contributed by atoms with E-state index in [0.29, 0.717) is 18.5 Å². The molecule has 2 rings (SSSR count). The largest absolute Gasteiger partial charge is 0.334 e. The summed E-state index contributed by atoms with van der Waals surface area (Å²) in [6.07, 6.45) is 10.4. The normalized spacial score (nSPS) is 30.9. The van der Waals surface area contributed by atoms with Gasteiger partial charge in [0.15, 0.2) is 0 Å². The van der Waals surface area contributed by atoms with E-state index in [0.717, 1.165) is 24.8 Å². The Balaban J connectivity index is 2.23. The molecule has 1 saturated heterocycles. The lowest BCUT2D eigenvalue weighted by Crippen LogP contribution is -2.48. The minimum absolute atomic E-state index is 0.0633. The van der Waals surface area contributed by atoms with E-state index >= 15 is 0 Å². The highest BCUT2D eigenvalue weighted by molar-refractivity contribution is 5.83. The van der Waals surface area contributed by atoms with Gasteiger partial charge in [-0.25, -0.2) is 0 Å². The molecule has 4 heteroatoms. The molecular formula is C16H25N3O. The van der Waals surface area contributed by atoms with Gasteiger partial charge in [-0.1, -0.05) is 19.1 Å². The minimum Gasteiger partial charge on any atom is -0.334 e. The smallest absolute Gasteiger partial charge is 0.240 e. The van der Waals surface area contributed by atoms with Gasteiger partial charge < -0.3 is 15.6 Å². The zero-order valence-electron chi connectivity index (χ0n) is 12.3. The number of hydrogen-bond donors (Lipinski definition) is 2. The maximum absolute atomic E-state index is 12.7. The monoisotopic (exact) mass is 275 g/mol. The van der Waals surface area contributed by atoms with Crippen molar-refractivity contribution in [3.05, 3.63) is 24.3 Å². The van der Waals surface area contributed by atoms with Crippen LogP contribution in [0.25, 0.3) is 0 Å². The number of amides is 1. The molecule has 0 aromatic heterocycles. The van der Waals surface area contributed by atoms with E-state index in [2.05, 4.69) is 11.9 Å². The van der Waals surface area contributed by atoms with Gasteiger partial charge >= 0.3 is 0 Å². The molecule has 0 radical (unpaired) electrons. The molecule has 3 atom stereocenters. The Kier molecular flexibility index (Phi) is 5.12. The number of nitrogens with zero attached hydrogens (tertiary/aromatic N) is 1. The first-order valence-electron chi connectivity index (χ1n) is 7.51. The second-order valence-corrected chi connectivity index (χ2v) is 5.76. The molecule has 0 spiro atoms. The molecule has 1 saturated carbocycles. The van der Waals surface area contributed by atoms with Crippen LogP contribution in [0.1, 0.15) is 32.1 Å². The van der Waals surface area contributed by atoms with Crippen molar-refractivity contribution in [1.82, 2.24) is 10.2 Å². The number of fused-ring (bicyclic) bond motifs is 1. The lowest BCUT2D eigenvalue weighted by atomic mass is 9.97. The Morgan fingerprint density at radius 1 is 1.45 bits per heavy atom. The van der Waals surface area contributed by atoms with E-state index in [1.807, 2.05) is 11.9 Å². The van der Waals surface area contributed by atoms with Gasteiger partial charge in [0.1, 0.15) is 0 Å². The SMILES string of the molecule is C=C/C(=C\C=N)CN1C(=O)C(NC)CCC2CCCC21. The van der Waals surface area contributed by atoms with Crippen LogP contribution in [0, 0.1) is 11.3 Å². The second-order valence-electron chi connectivity index (χ2n) is 5.76. The van der Waals surface area contributed by atoms with Crippen molar-refractivity contribution in [1.29, 1.82) is 5.41 Å². The molecule has 2 aliphatic rings. The number of hydrogen-bond acceptors (Lipinski definition) is 3. The Bertz CT molecular complexity index is 416. The third kappa shape index (κ3) is 3.01. The summed E-state index contributed by atoms with van der Waals surface area (Å²) in [6.45, 7) is 4.37. The molecule has 2 fully saturated rings. The summed E-state index contributed by atoms with van der Waals surface area (Å²) in [4.78, 5) is 14.8. The third-order valence-electron chi connectivity index (χ3n) is 4.69. The van der Waals surface area contributed by atoms with Gasteiger partial charge in [-0.15, -0.1) is 0 Å². The summed E-state index contributed by atoms with van der Waals surface area (Å²) >= 11 is 0. The number of allylic oxidation sites excluding steroid dienone is 1.